The number of amides is 3. The summed E-state index contributed by atoms with van der Waals surface area (Å²) in [5.41, 5.74) is 0.505. The van der Waals surface area contributed by atoms with Crippen molar-refractivity contribution in [2.75, 3.05) is 25.0 Å². The first-order valence-corrected chi connectivity index (χ1v) is 8.25. The van der Waals surface area contributed by atoms with E-state index in [0.29, 0.717) is 24.5 Å². The Morgan fingerprint density at radius 2 is 2.04 bits per heavy atom. The molecule has 3 amide bonds. The predicted octanol–water partition coefficient (Wildman–Crippen LogP) is 0.905. The van der Waals surface area contributed by atoms with Crippen molar-refractivity contribution in [3.63, 3.8) is 0 Å². The number of benzene rings is 1. The molecule has 24 heavy (non-hydrogen) atoms. The van der Waals surface area contributed by atoms with Crippen molar-refractivity contribution in [2.45, 2.75) is 31.8 Å². The third-order valence-corrected chi connectivity index (χ3v) is 4.22. The number of nitrogens with zero attached hydrogens (tertiary/aromatic N) is 1. The molecule has 7 nitrogen and oxygen atoms in total. The average molecular weight is 331 g/mol. The predicted molar refractivity (Wildman–Crippen MR) is 87.5 cm³/mol. The summed E-state index contributed by atoms with van der Waals surface area (Å²) in [6, 6.07) is 7.03. The summed E-state index contributed by atoms with van der Waals surface area (Å²) < 4.78 is 5.89. The van der Waals surface area contributed by atoms with E-state index in [1.165, 1.54) is 17.7 Å². The van der Waals surface area contributed by atoms with Crippen LogP contribution in [0.4, 0.5) is 5.69 Å². The minimum atomic E-state index is -0.747. The van der Waals surface area contributed by atoms with E-state index >= 15 is 0 Å². The highest BCUT2D eigenvalue weighted by atomic mass is 16.5. The first-order chi connectivity index (χ1) is 11.6. The first kappa shape index (κ1) is 16.3. The monoisotopic (exact) mass is 331 g/mol. The molecular weight excluding hydrogens is 310 g/mol. The van der Waals surface area contributed by atoms with Crippen molar-refractivity contribution >= 4 is 23.4 Å². The van der Waals surface area contributed by atoms with Crippen LogP contribution in [0.2, 0.25) is 0 Å². The van der Waals surface area contributed by atoms with E-state index < -0.39 is 11.8 Å². The third-order valence-electron chi connectivity index (χ3n) is 4.22. The summed E-state index contributed by atoms with van der Waals surface area (Å²) in [6.07, 6.45) is 4.68. The van der Waals surface area contributed by atoms with Crippen LogP contribution in [0.15, 0.2) is 24.3 Å². The summed E-state index contributed by atoms with van der Waals surface area (Å²) in [4.78, 5) is 36.8. The van der Waals surface area contributed by atoms with E-state index in [-0.39, 0.29) is 18.6 Å². The lowest BCUT2D eigenvalue weighted by Crippen LogP contribution is -2.52. The van der Waals surface area contributed by atoms with Crippen molar-refractivity contribution in [3.8, 4) is 5.75 Å². The molecule has 2 fully saturated rings. The molecule has 2 N–H and O–H groups in total. The Hall–Kier alpha value is -2.57. The molecule has 1 saturated carbocycles. The number of ether oxygens (including phenoxy) is 1. The van der Waals surface area contributed by atoms with E-state index in [0.717, 1.165) is 12.8 Å². The number of carbonyl (C=O) groups excluding carboxylic acids is 3. The minimum Gasteiger partial charge on any atom is -0.490 e. The third kappa shape index (κ3) is 4.04. The van der Waals surface area contributed by atoms with Gasteiger partial charge in [-0.25, -0.2) is 0 Å². The van der Waals surface area contributed by atoms with Crippen molar-refractivity contribution in [1.82, 2.24) is 10.2 Å². The standard InChI is InChI=1S/C17H21N3O4/c21-15-11-20(9-8-18-15)17(23)16(22)19-12-4-3-7-14(10-12)24-13-5-1-2-6-13/h3-4,7,10,13H,1-2,5-6,8-9,11H2,(H,18,21)(H,19,22). The molecule has 0 aromatic heterocycles. The van der Waals surface area contributed by atoms with Crippen molar-refractivity contribution in [1.29, 1.82) is 0 Å². The smallest absolute Gasteiger partial charge is 0.313 e. The van der Waals surface area contributed by atoms with Crippen LogP contribution in [0.1, 0.15) is 25.7 Å². The molecule has 1 heterocycles. The van der Waals surface area contributed by atoms with Crippen LogP contribution >= 0.6 is 0 Å². The molecule has 0 radical (unpaired) electrons. The summed E-state index contributed by atoms with van der Waals surface area (Å²) in [6.45, 7) is 0.614. The molecule has 1 aliphatic heterocycles. The molecule has 0 unspecified atom stereocenters. The van der Waals surface area contributed by atoms with Crippen LogP contribution in [-0.2, 0) is 14.4 Å². The second-order valence-electron chi connectivity index (χ2n) is 6.08. The number of hydrogen-bond acceptors (Lipinski definition) is 4. The van der Waals surface area contributed by atoms with Crippen molar-refractivity contribution in [3.05, 3.63) is 24.3 Å². The van der Waals surface area contributed by atoms with E-state index in [9.17, 15) is 14.4 Å². The lowest BCUT2D eigenvalue weighted by Gasteiger charge is -2.25. The summed E-state index contributed by atoms with van der Waals surface area (Å²) in [5.74, 6) is -1.02. The van der Waals surface area contributed by atoms with Gasteiger partial charge in [0, 0.05) is 24.8 Å². The zero-order valence-electron chi connectivity index (χ0n) is 13.4. The SMILES string of the molecule is O=C1CN(C(=O)C(=O)Nc2cccc(OC3CCCC3)c2)CCN1. The Bertz CT molecular complexity index is 640. The van der Waals surface area contributed by atoms with Gasteiger partial charge in [0.2, 0.25) is 5.91 Å². The second kappa shape index (κ2) is 7.33. The molecule has 7 heteroatoms. The maximum atomic E-state index is 12.1. The lowest BCUT2D eigenvalue weighted by atomic mass is 10.2. The molecule has 2 aliphatic rings. The highest BCUT2D eigenvalue weighted by molar-refractivity contribution is 6.39. The van der Waals surface area contributed by atoms with Gasteiger partial charge in [-0.15, -0.1) is 0 Å². The number of piperazine rings is 1. The Morgan fingerprint density at radius 3 is 2.79 bits per heavy atom. The van der Waals surface area contributed by atoms with E-state index in [1.54, 1.807) is 18.2 Å². The topological polar surface area (TPSA) is 87.7 Å². The fourth-order valence-corrected chi connectivity index (χ4v) is 2.99. The Labute approximate surface area is 140 Å². The normalized spacial score (nSPS) is 18.2. The number of carbonyl (C=O) groups is 3. The first-order valence-electron chi connectivity index (χ1n) is 8.25. The Kier molecular flexibility index (Phi) is 4.98. The Morgan fingerprint density at radius 1 is 1.25 bits per heavy atom. The second-order valence-corrected chi connectivity index (χ2v) is 6.08. The average Bonchev–Trinajstić information content (AvgIpc) is 3.07. The Balaban J connectivity index is 1.59. The fourth-order valence-electron chi connectivity index (χ4n) is 2.99. The van der Waals surface area contributed by atoms with E-state index in [1.807, 2.05) is 6.07 Å². The number of hydrogen-bond donors (Lipinski definition) is 2. The van der Waals surface area contributed by atoms with Gasteiger partial charge >= 0.3 is 11.8 Å². The zero-order valence-corrected chi connectivity index (χ0v) is 13.4. The van der Waals surface area contributed by atoms with Gasteiger partial charge in [-0.3, -0.25) is 14.4 Å². The largest absolute Gasteiger partial charge is 0.490 e. The van der Waals surface area contributed by atoms with Crippen LogP contribution < -0.4 is 15.4 Å². The maximum absolute atomic E-state index is 12.1. The van der Waals surface area contributed by atoms with Gasteiger partial charge < -0.3 is 20.3 Å². The van der Waals surface area contributed by atoms with Crippen LogP contribution in [0.5, 0.6) is 5.75 Å². The molecule has 0 bridgehead atoms. The number of nitrogens with one attached hydrogen (secondary N) is 2. The van der Waals surface area contributed by atoms with Crippen LogP contribution in [0.25, 0.3) is 0 Å². The van der Waals surface area contributed by atoms with Gasteiger partial charge in [0.15, 0.2) is 0 Å². The van der Waals surface area contributed by atoms with Crippen LogP contribution in [0, 0.1) is 0 Å². The summed E-state index contributed by atoms with van der Waals surface area (Å²) >= 11 is 0. The fraction of sp³-hybridized carbons (Fsp3) is 0.471. The molecule has 1 aromatic rings. The summed E-state index contributed by atoms with van der Waals surface area (Å²) in [7, 11) is 0. The van der Waals surface area contributed by atoms with Gasteiger partial charge in [-0.05, 0) is 37.8 Å². The highest BCUT2D eigenvalue weighted by Gasteiger charge is 2.26. The maximum Gasteiger partial charge on any atom is 0.313 e. The van der Waals surface area contributed by atoms with Crippen molar-refractivity contribution in [2.24, 2.45) is 0 Å². The molecule has 128 valence electrons. The number of rotatable bonds is 3. The molecule has 1 saturated heterocycles. The molecular formula is C17H21N3O4. The van der Waals surface area contributed by atoms with Crippen LogP contribution in [0.3, 0.4) is 0 Å². The van der Waals surface area contributed by atoms with Gasteiger partial charge in [0.25, 0.3) is 0 Å². The van der Waals surface area contributed by atoms with Crippen molar-refractivity contribution < 1.29 is 19.1 Å². The molecule has 0 atom stereocenters. The van der Waals surface area contributed by atoms with Gasteiger partial charge in [0.05, 0.1) is 6.10 Å². The van der Waals surface area contributed by atoms with Gasteiger partial charge in [0.1, 0.15) is 12.3 Å². The van der Waals surface area contributed by atoms with E-state index in [2.05, 4.69) is 10.6 Å². The highest BCUT2D eigenvalue weighted by Crippen LogP contribution is 2.25. The number of anilines is 1. The molecule has 1 aromatic carbocycles. The zero-order chi connectivity index (χ0) is 16.9. The quantitative estimate of drug-likeness (QED) is 0.806. The minimum absolute atomic E-state index is 0.0862. The lowest BCUT2D eigenvalue weighted by molar-refractivity contribution is -0.145. The summed E-state index contributed by atoms with van der Waals surface area (Å²) in [5, 5.41) is 5.19. The van der Waals surface area contributed by atoms with E-state index in [4.69, 9.17) is 4.74 Å². The molecule has 3 rings (SSSR count). The molecule has 0 spiro atoms. The van der Waals surface area contributed by atoms with Gasteiger partial charge in [-0.2, -0.15) is 0 Å². The molecule has 1 aliphatic carbocycles. The van der Waals surface area contributed by atoms with Crippen LogP contribution in [-0.4, -0.2) is 48.4 Å². The van der Waals surface area contributed by atoms with Gasteiger partial charge in [-0.1, -0.05) is 6.07 Å².